The zero-order chi connectivity index (χ0) is 7.61. The lowest BCUT2D eigenvalue weighted by Crippen LogP contribution is -2.37. The minimum absolute atomic E-state index is 0.251. The molecule has 1 saturated carbocycles. The maximum Gasteiger partial charge on any atom is 0.332 e. The quantitative estimate of drug-likeness (QED) is 0.569. The first kappa shape index (κ1) is 8.24. The Balaban J connectivity index is 2.39. The van der Waals surface area contributed by atoms with Crippen molar-refractivity contribution in [2.45, 2.75) is 44.2 Å². The van der Waals surface area contributed by atoms with Crippen LogP contribution in [-0.4, -0.2) is 18.2 Å². The van der Waals surface area contributed by atoms with Gasteiger partial charge in [0.15, 0.2) is 0 Å². The average molecular weight is 160 g/mol. The van der Waals surface area contributed by atoms with Gasteiger partial charge in [0.2, 0.25) is 0 Å². The zero-order valence-electron chi connectivity index (χ0n) is 6.51. The number of rotatable bonds is 1. The van der Waals surface area contributed by atoms with E-state index in [1.807, 2.05) is 0 Å². The van der Waals surface area contributed by atoms with Crippen LogP contribution in [0.15, 0.2) is 0 Å². The first-order chi connectivity index (χ1) is 4.61. The van der Waals surface area contributed by atoms with Crippen LogP contribution >= 0.6 is 0 Å². The Hall–Kier alpha value is 0.137. The lowest BCUT2D eigenvalue weighted by atomic mass is 10.0. The van der Waals surface area contributed by atoms with E-state index in [0.29, 0.717) is 0 Å². The van der Waals surface area contributed by atoms with Crippen LogP contribution in [0.5, 0.6) is 0 Å². The van der Waals surface area contributed by atoms with Gasteiger partial charge in [-0.25, -0.2) is 0 Å². The molecule has 1 aliphatic rings. The monoisotopic (exact) mass is 160 g/mol. The minimum Gasteiger partial charge on any atom is -0.411 e. The lowest BCUT2D eigenvalue weighted by Gasteiger charge is -2.27. The fourth-order valence-corrected chi connectivity index (χ4v) is 3.15. The Kier molecular flexibility index (Phi) is 2.49. The fraction of sp³-hybridized carbons (Fsp3) is 1.00. The second-order valence-electron chi connectivity index (χ2n) is 3.43. The second-order valence-corrected chi connectivity index (χ2v) is 6.43. The third-order valence-electron chi connectivity index (χ3n) is 2.38. The topological polar surface area (TPSA) is 40.5 Å². The third kappa shape index (κ3) is 2.07. The predicted molar refractivity (Wildman–Crippen MR) is 42.9 cm³/mol. The molecule has 0 aliphatic heterocycles. The average Bonchev–Trinajstić information content (AvgIpc) is 1.88. The molecular formula is C7H16O2Si. The summed E-state index contributed by atoms with van der Waals surface area (Å²) >= 11 is 0. The Labute approximate surface area is 63.1 Å². The molecular weight excluding hydrogens is 144 g/mol. The molecule has 0 saturated heterocycles. The molecule has 0 heterocycles. The largest absolute Gasteiger partial charge is 0.411 e. The van der Waals surface area contributed by atoms with Gasteiger partial charge < -0.3 is 9.59 Å². The van der Waals surface area contributed by atoms with Crippen molar-refractivity contribution in [3.05, 3.63) is 0 Å². The minimum atomic E-state index is -2.76. The standard InChI is InChI=1S/C7H16O2Si/c1-10(8,9)7-5-3-2-4-6-7/h7-9H,2-6H2,1H3. The Morgan fingerprint density at radius 3 is 1.90 bits per heavy atom. The Morgan fingerprint density at radius 1 is 1.10 bits per heavy atom. The molecule has 60 valence electrons. The molecule has 1 rings (SSSR count). The van der Waals surface area contributed by atoms with Crippen LogP contribution in [-0.2, 0) is 0 Å². The summed E-state index contributed by atoms with van der Waals surface area (Å²) in [6.07, 6.45) is 5.73. The summed E-state index contributed by atoms with van der Waals surface area (Å²) in [6, 6.07) is 0. The van der Waals surface area contributed by atoms with E-state index < -0.39 is 8.56 Å². The van der Waals surface area contributed by atoms with Gasteiger partial charge in [-0.1, -0.05) is 19.3 Å². The maximum absolute atomic E-state index is 9.34. The molecule has 0 aromatic carbocycles. The number of hydrogen-bond acceptors (Lipinski definition) is 2. The molecule has 2 N–H and O–H groups in total. The first-order valence-corrected chi connectivity index (χ1v) is 6.52. The number of hydrogen-bond donors (Lipinski definition) is 2. The lowest BCUT2D eigenvalue weighted by molar-refractivity contribution is 0.320. The van der Waals surface area contributed by atoms with E-state index >= 15 is 0 Å². The van der Waals surface area contributed by atoms with Crippen LogP contribution in [0.25, 0.3) is 0 Å². The van der Waals surface area contributed by atoms with Crippen LogP contribution in [0.1, 0.15) is 32.1 Å². The van der Waals surface area contributed by atoms with Crippen molar-refractivity contribution in [1.29, 1.82) is 0 Å². The van der Waals surface area contributed by atoms with Crippen molar-refractivity contribution < 1.29 is 9.59 Å². The summed E-state index contributed by atoms with van der Waals surface area (Å²) in [6.45, 7) is 1.63. The van der Waals surface area contributed by atoms with Gasteiger partial charge in [0.25, 0.3) is 0 Å². The summed E-state index contributed by atoms with van der Waals surface area (Å²) in [7, 11) is -2.76. The molecule has 1 fully saturated rings. The molecule has 0 aromatic heterocycles. The smallest absolute Gasteiger partial charge is 0.332 e. The molecule has 1 aliphatic carbocycles. The zero-order valence-corrected chi connectivity index (χ0v) is 7.51. The molecule has 0 spiro atoms. The second kappa shape index (κ2) is 3.03. The highest BCUT2D eigenvalue weighted by Crippen LogP contribution is 2.33. The van der Waals surface area contributed by atoms with Gasteiger partial charge in [-0.05, 0) is 19.4 Å². The van der Waals surface area contributed by atoms with E-state index in [1.54, 1.807) is 6.55 Å². The summed E-state index contributed by atoms with van der Waals surface area (Å²) in [5.41, 5.74) is 0.251. The molecule has 0 bridgehead atoms. The molecule has 0 radical (unpaired) electrons. The van der Waals surface area contributed by atoms with E-state index in [0.717, 1.165) is 12.8 Å². The van der Waals surface area contributed by atoms with E-state index in [4.69, 9.17) is 0 Å². The Bertz CT molecular complexity index is 103. The Morgan fingerprint density at radius 2 is 1.60 bits per heavy atom. The van der Waals surface area contributed by atoms with E-state index in [-0.39, 0.29) is 5.54 Å². The molecule has 3 heteroatoms. The molecule has 0 atom stereocenters. The molecule has 10 heavy (non-hydrogen) atoms. The normalized spacial score (nSPS) is 23.1. The van der Waals surface area contributed by atoms with Gasteiger partial charge in [-0.3, -0.25) is 0 Å². The van der Waals surface area contributed by atoms with Gasteiger partial charge in [-0.2, -0.15) is 0 Å². The highest BCUT2D eigenvalue weighted by molar-refractivity contribution is 6.64. The van der Waals surface area contributed by atoms with Crippen molar-refractivity contribution in [2.24, 2.45) is 0 Å². The van der Waals surface area contributed by atoms with E-state index in [1.165, 1.54) is 19.3 Å². The van der Waals surface area contributed by atoms with E-state index in [9.17, 15) is 9.59 Å². The third-order valence-corrected chi connectivity index (χ3v) is 4.50. The SMILES string of the molecule is C[Si](O)(O)C1CCCCC1. The first-order valence-electron chi connectivity index (χ1n) is 4.05. The van der Waals surface area contributed by atoms with Gasteiger partial charge in [0.05, 0.1) is 0 Å². The van der Waals surface area contributed by atoms with Gasteiger partial charge in [-0.15, -0.1) is 0 Å². The summed E-state index contributed by atoms with van der Waals surface area (Å²) < 4.78 is 0. The fourth-order valence-electron chi connectivity index (χ4n) is 1.65. The van der Waals surface area contributed by atoms with Gasteiger partial charge >= 0.3 is 8.56 Å². The predicted octanol–water partition coefficient (Wildman–Crippen LogP) is 1.38. The molecule has 0 amide bonds. The van der Waals surface area contributed by atoms with Crippen LogP contribution in [0.3, 0.4) is 0 Å². The van der Waals surface area contributed by atoms with Crippen molar-refractivity contribution >= 4 is 8.56 Å². The maximum atomic E-state index is 9.34. The van der Waals surface area contributed by atoms with Crippen LogP contribution in [0.4, 0.5) is 0 Å². The summed E-state index contributed by atoms with van der Waals surface area (Å²) in [4.78, 5) is 18.7. The molecule has 0 aromatic rings. The molecule has 0 unspecified atom stereocenters. The highest BCUT2D eigenvalue weighted by Gasteiger charge is 2.34. The molecule has 2 nitrogen and oxygen atoms in total. The van der Waals surface area contributed by atoms with Crippen molar-refractivity contribution in [1.82, 2.24) is 0 Å². The van der Waals surface area contributed by atoms with Crippen LogP contribution in [0.2, 0.25) is 12.1 Å². The van der Waals surface area contributed by atoms with Crippen molar-refractivity contribution in [3.63, 3.8) is 0 Å². The summed E-state index contributed by atoms with van der Waals surface area (Å²) in [5.74, 6) is 0. The van der Waals surface area contributed by atoms with Crippen LogP contribution < -0.4 is 0 Å². The van der Waals surface area contributed by atoms with Gasteiger partial charge in [0.1, 0.15) is 0 Å². The van der Waals surface area contributed by atoms with E-state index in [2.05, 4.69) is 0 Å². The van der Waals surface area contributed by atoms with Crippen LogP contribution in [0, 0.1) is 0 Å². The van der Waals surface area contributed by atoms with Gasteiger partial charge in [0, 0.05) is 5.54 Å². The highest BCUT2D eigenvalue weighted by atomic mass is 28.4. The summed E-state index contributed by atoms with van der Waals surface area (Å²) in [5, 5.41) is 0. The van der Waals surface area contributed by atoms with Crippen molar-refractivity contribution in [2.75, 3.05) is 0 Å². The van der Waals surface area contributed by atoms with Crippen molar-refractivity contribution in [3.8, 4) is 0 Å².